The first kappa shape index (κ1) is 12.7. The fraction of sp³-hybridized carbons (Fsp3) is 0.231. The Morgan fingerprint density at radius 2 is 2.20 bits per heavy atom. The second-order valence-corrected chi connectivity index (χ2v) is 5.07. The maximum atomic E-state index is 12.4. The second-order valence-electron chi connectivity index (χ2n) is 4.46. The van der Waals surface area contributed by atoms with Gasteiger partial charge < -0.3 is 10.0 Å². The number of hydrogen-bond acceptors (Lipinski definition) is 5. The summed E-state index contributed by atoms with van der Waals surface area (Å²) in [7, 11) is 0. The van der Waals surface area contributed by atoms with Gasteiger partial charge in [0.05, 0.1) is 5.56 Å². The summed E-state index contributed by atoms with van der Waals surface area (Å²) in [5, 5.41) is 14.6. The van der Waals surface area contributed by atoms with Gasteiger partial charge in [-0.3, -0.25) is 4.79 Å². The third kappa shape index (κ3) is 2.05. The molecule has 1 aliphatic rings. The number of rotatable bonds is 2. The third-order valence-electron chi connectivity index (χ3n) is 3.31. The smallest absolute Gasteiger partial charge is 0.336 e. The summed E-state index contributed by atoms with van der Waals surface area (Å²) in [6, 6.07) is 5.01. The Bertz CT molecular complexity index is 670. The normalized spacial score (nSPS) is 13.9. The van der Waals surface area contributed by atoms with Gasteiger partial charge in [0, 0.05) is 17.6 Å². The Balaban J connectivity index is 2.05. The number of hydrogen-bond donors (Lipinski definition) is 1. The van der Waals surface area contributed by atoms with Gasteiger partial charge in [0.1, 0.15) is 0 Å². The number of anilines is 1. The van der Waals surface area contributed by atoms with Crippen LogP contribution in [-0.4, -0.2) is 33.1 Å². The van der Waals surface area contributed by atoms with Crippen molar-refractivity contribution in [2.75, 3.05) is 11.4 Å². The van der Waals surface area contributed by atoms with Crippen molar-refractivity contribution in [1.29, 1.82) is 0 Å². The number of nitrogens with zero attached hydrogens (tertiary/aromatic N) is 3. The number of carboxylic acid groups (broad SMARTS) is 1. The van der Waals surface area contributed by atoms with Crippen molar-refractivity contribution in [2.24, 2.45) is 0 Å². The Morgan fingerprint density at radius 3 is 2.90 bits per heavy atom. The molecule has 1 aromatic heterocycles. The molecule has 0 unspecified atom stereocenters. The van der Waals surface area contributed by atoms with Crippen molar-refractivity contribution in [3.05, 3.63) is 40.4 Å². The Labute approximate surface area is 118 Å². The fourth-order valence-electron chi connectivity index (χ4n) is 2.43. The third-order valence-corrected chi connectivity index (χ3v) is 3.81. The van der Waals surface area contributed by atoms with E-state index in [-0.39, 0.29) is 11.5 Å². The molecule has 2 aromatic rings. The standard InChI is InChI=1S/C13H11N3O3S/c17-12(10-7-20-15-14-10)16-6-2-4-8-9(13(18)19)3-1-5-11(8)16/h1,3,5,7H,2,4,6H2,(H,18,19). The minimum absolute atomic E-state index is 0.234. The van der Waals surface area contributed by atoms with Crippen molar-refractivity contribution < 1.29 is 14.7 Å². The Kier molecular flexibility index (Phi) is 3.19. The van der Waals surface area contributed by atoms with Crippen LogP contribution in [0, 0.1) is 0 Å². The van der Waals surface area contributed by atoms with Crippen LogP contribution >= 0.6 is 11.5 Å². The molecular weight excluding hydrogens is 278 g/mol. The molecule has 0 saturated heterocycles. The summed E-state index contributed by atoms with van der Waals surface area (Å²) in [5.74, 6) is -1.20. The Hall–Kier alpha value is -2.28. The fourth-order valence-corrected chi connectivity index (χ4v) is 2.86. The van der Waals surface area contributed by atoms with Gasteiger partial charge in [-0.15, -0.1) is 5.10 Å². The lowest BCUT2D eigenvalue weighted by atomic mass is 9.96. The van der Waals surface area contributed by atoms with Crippen molar-refractivity contribution in [3.8, 4) is 0 Å². The SMILES string of the molecule is O=C(O)c1cccc2c1CCCN2C(=O)c1csnn1. The summed E-state index contributed by atoms with van der Waals surface area (Å²) in [4.78, 5) is 25.2. The van der Waals surface area contributed by atoms with Crippen LogP contribution in [0.15, 0.2) is 23.6 Å². The zero-order chi connectivity index (χ0) is 14.1. The highest BCUT2D eigenvalue weighted by Gasteiger charge is 2.27. The molecule has 7 heteroatoms. The highest BCUT2D eigenvalue weighted by Crippen LogP contribution is 2.30. The summed E-state index contributed by atoms with van der Waals surface area (Å²) in [6.45, 7) is 0.562. The van der Waals surface area contributed by atoms with Gasteiger partial charge in [-0.05, 0) is 42.1 Å². The lowest BCUT2D eigenvalue weighted by molar-refractivity contribution is 0.0695. The maximum Gasteiger partial charge on any atom is 0.336 e. The minimum atomic E-state index is -0.966. The van der Waals surface area contributed by atoms with Gasteiger partial charge in [-0.1, -0.05) is 10.6 Å². The molecule has 0 saturated carbocycles. The molecular formula is C13H11N3O3S. The van der Waals surface area contributed by atoms with E-state index in [0.717, 1.165) is 18.0 Å². The molecule has 0 radical (unpaired) electrons. The molecule has 1 aromatic carbocycles. The highest BCUT2D eigenvalue weighted by molar-refractivity contribution is 7.03. The molecule has 1 amide bonds. The lowest BCUT2D eigenvalue weighted by Crippen LogP contribution is -2.36. The van der Waals surface area contributed by atoms with E-state index in [1.54, 1.807) is 28.5 Å². The van der Waals surface area contributed by atoms with Crippen LogP contribution in [0.5, 0.6) is 0 Å². The van der Waals surface area contributed by atoms with E-state index in [9.17, 15) is 14.7 Å². The average Bonchev–Trinajstić information content (AvgIpc) is 2.99. The van der Waals surface area contributed by atoms with E-state index in [4.69, 9.17) is 0 Å². The molecule has 1 aliphatic heterocycles. The topological polar surface area (TPSA) is 83.4 Å². The van der Waals surface area contributed by atoms with E-state index >= 15 is 0 Å². The Morgan fingerprint density at radius 1 is 1.35 bits per heavy atom. The van der Waals surface area contributed by atoms with Gasteiger partial charge in [0.15, 0.2) is 5.69 Å². The summed E-state index contributed by atoms with van der Waals surface area (Å²) < 4.78 is 3.69. The van der Waals surface area contributed by atoms with E-state index in [0.29, 0.717) is 29.9 Å². The predicted octanol–water partition coefficient (Wildman–Crippen LogP) is 1.83. The predicted molar refractivity (Wildman–Crippen MR) is 73.3 cm³/mol. The summed E-state index contributed by atoms with van der Waals surface area (Å²) in [6.07, 6.45) is 1.40. The lowest BCUT2D eigenvalue weighted by Gasteiger charge is -2.29. The molecule has 6 nitrogen and oxygen atoms in total. The molecule has 0 spiro atoms. The van der Waals surface area contributed by atoms with Crippen LogP contribution < -0.4 is 4.90 Å². The van der Waals surface area contributed by atoms with Crippen molar-refractivity contribution in [3.63, 3.8) is 0 Å². The maximum absolute atomic E-state index is 12.4. The molecule has 1 N–H and O–H groups in total. The van der Waals surface area contributed by atoms with Gasteiger partial charge in [-0.25, -0.2) is 4.79 Å². The van der Waals surface area contributed by atoms with Crippen LogP contribution in [0.25, 0.3) is 0 Å². The van der Waals surface area contributed by atoms with Crippen molar-refractivity contribution >= 4 is 29.1 Å². The second kappa shape index (κ2) is 5.01. The number of aromatic nitrogens is 2. The highest BCUT2D eigenvalue weighted by atomic mass is 32.1. The van der Waals surface area contributed by atoms with Gasteiger partial charge in [0.25, 0.3) is 5.91 Å². The zero-order valence-corrected chi connectivity index (χ0v) is 11.3. The van der Waals surface area contributed by atoms with Crippen LogP contribution in [-0.2, 0) is 6.42 Å². The van der Waals surface area contributed by atoms with Crippen LogP contribution in [0.1, 0.15) is 32.8 Å². The molecule has 0 aliphatic carbocycles. The average molecular weight is 289 g/mol. The number of carbonyl (C=O) groups excluding carboxylic acids is 1. The number of amides is 1. The zero-order valence-electron chi connectivity index (χ0n) is 10.4. The first-order valence-corrected chi connectivity index (χ1v) is 6.96. The van der Waals surface area contributed by atoms with Crippen LogP contribution in [0.3, 0.4) is 0 Å². The molecule has 102 valence electrons. The van der Waals surface area contributed by atoms with E-state index in [2.05, 4.69) is 9.59 Å². The van der Waals surface area contributed by atoms with E-state index < -0.39 is 5.97 Å². The first-order chi connectivity index (χ1) is 9.68. The monoisotopic (exact) mass is 289 g/mol. The number of benzene rings is 1. The number of carbonyl (C=O) groups is 2. The molecule has 2 heterocycles. The molecule has 0 fully saturated rings. The first-order valence-electron chi connectivity index (χ1n) is 6.12. The van der Waals surface area contributed by atoms with Gasteiger partial charge in [-0.2, -0.15) is 0 Å². The number of fused-ring (bicyclic) bond motifs is 1. The van der Waals surface area contributed by atoms with Crippen molar-refractivity contribution in [2.45, 2.75) is 12.8 Å². The van der Waals surface area contributed by atoms with Crippen LogP contribution in [0.4, 0.5) is 5.69 Å². The van der Waals surface area contributed by atoms with E-state index in [1.165, 1.54) is 0 Å². The van der Waals surface area contributed by atoms with Crippen LogP contribution in [0.2, 0.25) is 0 Å². The summed E-state index contributed by atoms with van der Waals surface area (Å²) in [5.41, 5.74) is 1.93. The van der Waals surface area contributed by atoms with Gasteiger partial charge >= 0.3 is 5.97 Å². The minimum Gasteiger partial charge on any atom is -0.478 e. The molecule has 3 rings (SSSR count). The number of aromatic carboxylic acids is 1. The quantitative estimate of drug-likeness (QED) is 0.911. The summed E-state index contributed by atoms with van der Waals surface area (Å²) >= 11 is 1.12. The molecule has 0 atom stereocenters. The van der Waals surface area contributed by atoms with Gasteiger partial charge in [0.2, 0.25) is 0 Å². The molecule has 20 heavy (non-hydrogen) atoms. The van der Waals surface area contributed by atoms with E-state index in [1.807, 2.05) is 0 Å². The largest absolute Gasteiger partial charge is 0.478 e. The molecule has 0 bridgehead atoms. The number of carboxylic acids is 1. The van der Waals surface area contributed by atoms with Crippen molar-refractivity contribution in [1.82, 2.24) is 9.59 Å².